The van der Waals surface area contributed by atoms with Gasteiger partial charge in [0, 0.05) is 17.3 Å². The molecule has 0 aliphatic heterocycles. The molecule has 0 spiro atoms. The second-order valence-electron chi connectivity index (χ2n) is 6.25. The highest BCUT2D eigenvalue weighted by molar-refractivity contribution is 7.99. The number of carbonyl (C=O) groups is 1. The second-order valence-corrected chi connectivity index (χ2v) is 7.63. The van der Waals surface area contributed by atoms with E-state index in [4.69, 9.17) is 16.3 Å². The number of halogens is 1. The Balaban J connectivity index is 1.60. The number of amides is 1. The molecule has 0 unspecified atom stereocenters. The zero-order valence-corrected chi connectivity index (χ0v) is 17.5. The SMILES string of the molecule is C=CCn1c(COc2ccc(Cl)cc2)nnc1SCC(=O)Nc1cccc(C)c1. The van der Waals surface area contributed by atoms with Crippen molar-refractivity contribution in [2.75, 3.05) is 11.1 Å². The Morgan fingerprint density at radius 3 is 2.79 bits per heavy atom. The Morgan fingerprint density at radius 1 is 1.28 bits per heavy atom. The van der Waals surface area contributed by atoms with Gasteiger partial charge in [-0.3, -0.25) is 9.36 Å². The molecule has 0 aliphatic carbocycles. The van der Waals surface area contributed by atoms with Gasteiger partial charge in [0.25, 0.3) is 0 Å². The Bertz CT molecular complexity index is 989. The van der Waals surface area contributed by atoms with Crippen LogP contribution >= 0.6 is 23.4 Å². The van der Waals surface area contributed by atoms with Crippen LogP contribution in [-0.4, -0.2) is 26.4 Å². The zero-order chi connectivity index (χ0) is 20.6. The number of nitrogens with zero attached hydrogens (tertiary/aromatic N) is 3. The van der Waals surface area contributed by atoms with Gasteiger partial charge >= 0.3 is 0 Å². The first-order chi connectivity index (χ1) is 14.0. The van der Waals surface area contributed by atoms with E-state index >= 15 is 0 Å². The lowest BCUT2D eigenvalue weighted by atomic mass is 10.2. The molecule has 1 aromatic heterocycles. The van der Waals surface area contributed by atoms with E-state index in [1.54, 1.807) is 30.3 Å². The van der Waals surface area contributed by atoms with Gasteiger partial charge in [-0.2, -0.15) is 0 Å². The molecule has 1 amide bonds. The number of allylic oxidation sites excluding steroid dienone is 1. The monoisotopic (exact) mass is 428 g/mol. The average molecular weight is 429 g/mol. The fraction of sp³-hybridized carbons (Fsp3) is 0.190. The molecule has 1 heterocycles. The third-order valence-corrected chi connectivity index (χ3v) is 5.14. The number of aryl methyl sites for hydroxylation is 1. The van der Waals surface area contributed by atoms with Gasteiger partial charge in [-0.05, 0) is 48.9 Å². The number of rotatable bonds is 9. The number of nitrogens with one attached hydrogen (secondary N) is 1. The van der Waals surface area contributed by atoms with Crippen LogP contribution in [0.2, 0.25) is 5.02 Å². The van der Waals surface area contributed by atoms with Crippen LogP contribution in [0.25, 0.3) is 0 Å². The Morgan fingerprint density at radius 2 is 2.07 bits per heavy atom. The van der Waals surface area contributed by atoms with Crippen LogP contribution in [0.15, 0.2) is 66.3 Å². The highest BCUT2D eigenvalue weighted by Gasteiger charge is 2.14. The number of ether oxygens (including phenoxy) is 1. The molecule has 3 rings (SSSR count). The van der Waals surface area contributed by atoms with Gasteiger partial charge in [0.2, 0.25) is 5.91 Å². The predicted molar refractivity (Wildman–Crippen MR) is 117 cm³/mol. The molecule has 29 heavy (non-hydrogen) atoms. The van der Waals surface area contributed by atoms with Gasteiger partial charge in [0.1, 0.15) is 12.4 Å². The minimum atomic E-state index is -0.104. The zero-order valence-electron chi connectivity index (χ0n) is 16.0. The van der Waals surface area contributed by atoms with E-state index in [2.05, 4.69) is 22.1 Å². The molecule has 2 aromatic carbocycles. The normalized spacial score (nSPS) is 10.6. The van der Waals surface area contributed by atoms with E-state index in [9.17, 15) is 4.79 Å². The van der Waals surface area contributed by atoms with Crippen LogP contribution < -0.4 is 10.1 Å². The first-order valence-corrected chi connectivity index (χ1v) is 10.3. The first-order valence-electron chi connectivity index (χ1n) is 8.96. The van der Waals surface area contributed by atoms with Crippen molar-refractivity contribution >= 4 is 35.0 Å². The molecule has 3 aromatic rings. The predicted octanol–water partition coefficient (Wildman–Crippen LogP) is 4.74. The highest BCUT2D eigenvalue weighted by Crippen LogP contribution is 2.20. The van der Waals surface area contributed by atoms with Crippen molar-refractivity contribution in [1.82, 2.24) is 14.8 Å². The van der Waals surface area contributed by atoms with Crippen LogP contribution in [0.3, 0.4) is 0 Å². The molecule has 6 nitrogen and oxygen atoms in total. The molecule has 0 saturated heterocycles. The van der Waals surface area contributed by atoms with Crippen molar-refractivity contribution in [1.29, 1.82) is 0 Å². The molecule has 0 radical (unpaired) electrons. The number of thioether (sulfide) groups is 1. The molecule has 1 N–H and O–H groups in total. The molecular weight excluding hydrogens is 408 g/mol. The standard InChI is InChI=1S/C21H21ClN4O2S/c1-3-11-26-19(13-28-18-9-7-16(22)8-10-18)24-25-21(26)29-14-20(27)23-17-6-4-5-15(2)12-17/h3-10,12H,1,11,13-14H2,2H3,(H,23,27). The summed E-state index contributed by atoms with van der Waals surface area (Å²) < 4.78 is 7.64. The van der Waals surface area contributed by atoms with Crippen molar-refractivity contribution in [3.63, 3.8) is 0 Å². The molecule has 8 heteroatoms. The Kier molecular flexibility index (Phi) is 7.32. The lowest BCUT2D eigenvalue weighted by Crippen LogP contribution is -2.15. The van der Waals surface area contributed by atoms with E-state index in [0.717, 1.165) is 11.3 Å². The molecule has 0 atom stereocenters. The van der Waals surface area contributed by atoms with E-state index in [1.165, 1.54) is 11.8 Å². The molecular formula is C21H21ClN4O2S. The first kappa shape index (κ1) is 21.0. The second kappa shape index (κ2) is 10.1. The Labute approximate surface area is 178 Å². The van der Waals surface area contributed by atoms with E-state index in [-0.39, 0.29) is 18.3 Å². The Hall–Kier alpha value is -2.77. The third kappa shape index (κ3) is 6.10. The summed E-state index contributed by atoms with van der Waals surface area (Å²) in [5, 5.41) is 12.6. The fourth-order valence-electron chi connectivity index (χ4n) is 2.57. The summed E-state index contributed by atoms with van der Waals surface area (Å²) in [6.07, 6.45) is 1.76. The molecule has 0 saturated carbocycles. The van der Waals surface area contributed by atoms with E-state index < -0.39 is 0 Å². The van der Waals surface area contributed by atoms with E-state index in [0.29, 0.717) is 28.3 Å². The van der Waals surface area contributed by atoms with Crippen LogP contribution in [-0.2, 0) is 17.9 Å². The van der Waals surface area contributed by atoms with Crippen LogP contribution in [0, 0.1) is 6.92 Å². The largest absolute Gasteiger partial charge is 0.486 e. The maximum atomic E-state index is 12.3. The van der Waals surface area contributed by atoms with Crippen molar-refractivity contribution < 1.29 is 9.53 Å². The van der Waals surface area contributed by atoms with Crippen LogP contribution in [0.1, 0.15) is 11.4 Å². The average Bonchev–Trinajstić information content (AvgIpc) is 3.08. The topological polar surface area (TPSA) is 69.0 Å². The van der Waals surface area contributed by atoms with Gasteiger partial charge in [0.05, 0.1) is 5.75 Å². The minimum Gasteiger partial charge on any atom is -0.486 e. The number of aromatic nitrogens is 3. The highest BCUT2D eigenvalue weighted by atomic mass is 35.5. The van der Waals surface area contributed by atoms with Gasteiger partial charge in [-0.15, -0.1) is 16.8 Å². The van der Waals surface area contributed by atoms with Crippen LogP contribution in [0.5, 0.6) is 5.75 Å². The quantitative estimate of drug-likeness (QED) is 0.394. The third-order valence-electron chi connectivity index (χ3n) is 3.92. The number of hydrogen-bond acceptors (Lipinski definition) is 5. The summed E-state index contributed by atoms with van der Waals surface area (Å²) in [4.78, 5) is 12.3. The van der Waals surface area contributed by atoms with E-state index in [1.807, 2.05) is 35.8 Å². The van der Waals surface area contributed by atoms with Crippen molar-refractivity contribution in [3.05, 3.63) is 77.6 Å². The summed E-state index contributed by atoms with van der Waals surface area (Å²) in [5.74, 6) is 1.46. The summed E-state index contributed by atoms with van der Waals surface area (Å²) in [7, 11) is 0. The van der Waals surface area contributed by atoms with Gasteiger partial charge in [0.15, 0.2) is 11.0 Å². The maximum absolute atomic E-state index is 12.3. The summed E-state index contributed by atoms with van der Waals surface area (Å²) in [5.41, 5.74) is 1.87. The minimum absolute atomic E-state index is 0.104. The number of benzene rings is 2. The fourth-order valence-corrected chi connectivity index (χ4v) is 3.47. The van der Waals surface area contributed by atoms with Gasteiger partial charge < -0.3 is 10.1 Å². The number of carbonyl (C=O) groups excluding carboxylic acids is 1. The molecule has 0 bridgehead atoms. The van der Waals surface area contributed by atoms with Gasteiger partial charge in [-0.25, -0.2) is 0 Å². The van der Waals surface area contributed by atoms with Crippen LogP contribution in [0.4, 0.5) is 5.69 Å². The van der Waals surface area contributed by atoms with Crippen molar-refractivity contribution in [2.24, 2.45) is 0 Å². The van der Waals surface area contributed by atoms with Crippen molar-refractivity contribution in [2.45, 2.75) is 25.2 Å². The molecule has 0 aliphatic rings. The lowest BCUT2D eigenvalue weighted by Gasteiger charge is -2.09. The number of hydrogen-bond donors (Lipinski definition) is 1. The van der Waals surface area contributed by atoms with Gasteiger partial charge in [-0.1, -0.05) is 41.6 Å². The summed E-state index contributed by atoms with van der Waals surface area (Å²) in [6.45, 7) is 6.54. The molecule has 150 valence electrons. The lowest BCUT2D eigenvalue weighted by molar-refractivity contribution is -0.113. The maximum Gasteiger partial charge on any atom is 0.234 e. The molecule has 0 fully saturated rings. The summed E-state index contributed by atoms with van der Waals surface area (Å²) >= 11 is 7.21. The summed E-state index contributed by atoms with van der Waals surface area (Å²) in [6, 6.07) is 14.8. The van der Waals surface area contributed by atoms with Crippen molar-refractivity contribution in [3.8, 4) is 5.75 Å². The number of anilines is 1. The smallest absolute Gasteiger partial charge is 0.234 e.